The number of amides is 1. The Bertz CT molecular complexity index is 1040. The summed E-state index contributed by atoms with van der Waals surface area (Å²) in [6.07, 6.45) is 1.36. The van der Waals surface area contributed by atoms with Crippen molar-refractivity contribution in [1.29, 1.82) is 0 Å². The number of benzene rings is 1. The van der Waals surface area contributed by atoms with Gasteiger partial charge in [-0.3, -0.25) is 9.59 Å². The maximum absolute atomic E-state index is 11.9. The first-order chi connectivity index (χ1) is 12.9. The smallest absolute Gasteiger partial charge is 0.336 e. The van der Waals surface area contributed by atoms with Gasteiger partial charge in [0.1, 0.15) is 12.2 Å². The van der Waals surface area contributed by atoms with Crippen LogP contribution in [0.4, 0.5) is 0 Å². The normalized spacial score (nSPS) is 10.7. The van der Waals surface area contributed by atoms with Crippen LogP contribution < -0.4 is 10.9 Å². The fourth-order valence-corrected chi connectivity index (χ4v) is 2.63. The third kappa shape index (κ3) is 4.57. The van der Waals surface area contributed by atoms with Gasteiger partial charge in [0.2, 0.25) is 0 Å². The minimum atomic E-state index is -0.541. The van der Waals surface area contributed by atoms with Gasteiger partial charge in [-0.25, -0.2) is 4.79 Å². The highest BCUT2D eigenvalue weighted by Crippen LogP contribution is 2.25. The van der Waals surface area contributed by atoms with Gasteiger partial charge < -0.3 is 18.9 Å². The van der Waals surface area contributed by atoms with Gasteiger partial charge in [0.15, 0.2) is 5.76 Å². The summed E-state index contributed by atoms with van der Waals surface area (Å²) < 4.78 is 15.3. The SMILES string of the molecule is Cc1cc2oc(=O)cc(COC(=O)CCNC(=O)c3ccco3)c2cc1Cl. The van der Waals surface area contributed by atoms with E-state index in [0.717, 1.165) is 5.56 Å². The lowest BCUT2D eigenvalue weighted by molar-refractivity contribution is -0.144. The van der Waals surface area contributed by atoms with Crippen molar-refractivity contribution in [3.63, 3.8) is 0 Å². The summed E-state index contributed by atoms with van der Waals surface area (Å²) in [6.45, 7) is 1.79. The van der Waals surface area contributed by atoms with E-state index in [1.54, 1.807) is 25.1 Å². The van der Waals surface area contributed by atoms with E-state index in [0.29, 0.717) is 21.6 Å². The molecule has 0 aliphatic carbocycles. The topological polar surface area (TPSA) is 98.7 Å². The molecule has 3 rings (SSSR count). The molecule has 0 aliphatic heterocycles. The molecule has 7 nitrogen and oxygen atoms in total. The summed E-state index contributed by atoms with van der Waals surface area (Å²) in [5.41, 5.74) is 1.10. The number of carbonyl (C=O) groups excluding carboxylic acids is 2. The summed E-state index contributed by atoms with van der Waals surface area (Å²) in [6, 6.07) is 7.71. The van der Waals surface area contributed by atoms with E-state index in [9.17, 15) is 14.4 Å². The second kappa shape index (κ2) is 8.09. The van der Waals surface area contributed by atoms with E-state index in [1.807, 2.05) is 0 Å². The second-order valence-electron chi connectivity index (χ2n) is 5.83. The van der Waals surface area contributed by atoms with Crippen molar-refractivity contribution in [2.75, 3.05) is 6.54 Å². The molecule has 0 fully saturated rings. The Kier molecular flexibility index (Phi) is 5.61. The second-order valence-corrected chi connectivity index (χ2v) is 6.24. The van der Waals surface area contributed by atoms with Gasteiger partial charge in [0.25, 0.3) is 5.91 Å². The number of nitrogens with one attached hydrogen (secondary N) is 1. The number of rotatable bonds is 6. The van der Waals surface area contributed by atoms with E-state index in [-0.39, 0.29) is 25.3 Å². The largest absolute Gasteiger partial charge is 0.461 e. The Morgan fingerprint density at radius 3 is 2.81 bits per heavy atom. The van der Waals surface area contributed by atoms with E-state index >= 15 is 0 Å². The van der Waals surface area contributed by atoms with Crippen LogP contribution in [0.5, 0.6) is 0 Å². The Hall–Kier alpha value is -3.06. The summed E-state index contributed by atoms with van der Waals surface area (Å²) in [5, 5.41) is 3.67. The van der Waals surface area contributed by atoms with Gasteiger partial charge in [-0.15, -0.1) is 0 Å². The zero-order valence-corrected chi connectivity index (χ0v) is 15.2. The first kappa shape index (κ1) is 18.7. The minimum Gasteiger partial charge on any atom is -0.461 e. The molecule has 0 atom stereocenters. The van der Waals surface area contributed by atoms with Gasteiger partial charge >= 0.3 is 11.6 Å². The van der Waals surface area contributed by atoms with Crippen molar-refractivity contribution in [2.24, 2.45) is 0 Å². The lowest BCUT2D eigenvalue weighted by Crippen LogP contribution is -2.26. The Morgan fingerprint density at radius 1 is 1.26 bits per heavy atom. The van der Waals surface area contributed by atoms with Crippen LogP contribution in [-0.4, -0.2) is 18.4 Å². The van der Waals surface area contributed by atoms with Crippen molar-refractivity contribution in [3.05, 3.63) is 68.9 Å². The third-order valence-corrected chi connectivity index (χ3v) is 4.26. The molecule has 0 saturated heterocycles. The molecule has 0 aliphatic rings. The molecule has 1 amide bonds. The molecule has 0 bridgehead atoms. The summed E-state index contributed by atoms with van der Waals surface area (Å²) in [7, 11) is 0. The van der Waals surface area contributed by atoms with Crippen molar-refractivity contribution in [1.82, 2.24) is 5.32 Å². The Labute approximate surface area is 158 Å². The standard InChI is InChI=1S/C19H16ClNO6/c1-11-7-16-13(9-14(11)20)12(8-18(23)27-16)10-26-17(22)4-5-21-19(24)15-3-2-6-25-15/h2-3,6-9H,4-5,10H2,1H3,(H,21,24). The zero-order valence-electron chi connectivity index (χ0n) is 14.4. The van der Waals surface area contributed by atoms with Crippen LogP contribution in [-0.2, 0) is 16.1 Å². The number of furan rings is 1. The minimum absolute atomic E-state index is 0.0221. The molecule has 1 aromatic carbocycles. The number of hydrogen-bond donors (Lipinski definition) is 1. The summed E-state index contributed by atoms with van der Waals surface area (Å²) >= 11 is 6.13. The lowest BCUT2D eigenvalue weighted by atomic mass is 10.1. The predicted octanol–water partition coefficient (Wildman–Crippen LogP) is 3.21. The number of carbonyl (C=O) groups is 2. The van der Waals surface area contributed by atoms with Gasteiger partial charge in [-0.2, -0.15) is 0 Å². The molecule has 1 N–H and O–H groups in total. The predicted molar refractivity (Wildman–Crippen MR) is 97.7 cm³/mol. The quantitative estimate of drug-likeness (QED) is 0.513. The van der Waals surface area contributed by atoms with E-state index in [2.05, 4.69) is 5.32 Å². The molecule has 140 valence electrons. The Morgan fingerprint density at radius 2 is 2.07 bits per heavy atom. The van der Waals surface area contributed by atoms with E-state index in [4.69, 9.17) is 25.2 Å². The number of halogens is 1. The molecule has 0 spiro atoms. The third-order valence-electron chi connectivity index (χ3n) is 3.86. The van der Waals surface area contributed by atoms with Crippen LogP contribution >= 0.6 is 11.6 Å². The van der Waals surface area contributed by atoms with Gasteiger partial charge in [-0.05, 0) is 36.8 Å². The highest BCUT2D eigenvalue weighted by atomic mass is 35.5. The molecule has 0 saturated carbocycles. The molecule has 8 heteroatoms. The average molecular weight is 390 g/mol. The van der Waals surface area contributed by atoms with Crippen LogP contribution in [0, 0.1) is 6.92 Å². The molecule has 2 heterocycles. The van der Waals surface area contributed by atoms with Crippen molar-refractivity contribution < 1.29 is 23.2 Å². The maximum atomic E-state index is 11.9. The molecule has 0 unspecified atom stereocenters. The van der Waals surface area contributed by atoms with Crippen LogP contribution in [0.25, 0.3) is 11.0 Å². The lowest BCUT2D eigenvalue weighted by Gasteiger charge is -2.09. The first-order valence-corrected chi connectivity index (χ1v) is 8.52. The molecular weight excluding hydrogens is 374 g/mol. The van der Waals surface area contributed by atoms with Crippen LogP contribution in [0.15, 0.2) is 50.2 Å². The highest BCUT2D eigenvalue weighted by molar-refractivity contribution is 6.32. The molecule has 0 radical (unpaired) electrons. The molecule has 27 heavy (non-hydrogen) atoms. The molecule has 3 aromatic rings. The number of fused-ring (bicyclic) bond motifs is 1. The van der Waals surface area contributed by atoms with E-state index < -0.39 is 17.5 Å². The average Bonchev–Trinajstić information content (AvgIpc) is 3.16. The van der Waals surface area contributed by atoms with Crippen LogP contribution in [0.1, 0.15) is 28.1 Å². The van der Waals surface area contributed by atoms with Crippen molar-refractivity contribution in [2.45, 2.75) is 20.0 Å². The van der Waals surface area contributed by atoms with E-state index in [1.165, 1.54) is 18.4 Å². The summed E-state index contributed by atoms with van der Waals surface area (Å²) in [5.74, 6) is -0.767. The fourth-order valence-electron chi connectivity index (χ4n) is 2.47. The zero-order chi connectivity index (χ0) is 19.4. The number of aryl methyl sites for hydroxylation is 1. The molecule has 2 aromatic heterocycles. The maximum Gasteiger partial charge on any atom is 0.336 e. The Balaban J connectivity index is 1.59. The molecular formula is C19H16ClNO6. The fraction of sp³-hybridized carbons (Fsp3) is 0.211. The number of hydrogen-bond acceptors (Lipinski definition) is 6. The summed E-state index contributed by atoms with van der Waals surface area (Å²) in [4.78, 5) is 35.3. The van der Waals surface area contributed by atoms with Crippen molar-refractivity contribution in [3.8, 4) is 0 Å². The van der Waals surface area contributed by atoms with Gasteiger partial charge in [0.05, 0.1) is 12.7 Å². The van der Waals surface area contributed by atoms with Crippen LogP contribution in [0.3, 0.4) is 0 Å². The van der Waals surface area contributed by atoms with Gasteiger partial charge in [-0.1, -0.05) is 11.6 Å². The highest BCUT2D eigenvalue weighted by Gasteiger charge is 2.12. The number of esters is 1. The van der Waals surface area contributed by atoms with Crippen LogP contribution in [0.2, 0.25) is 5.02 Å². The monoisotopic (exact) mass is 389 g/mol. The van der Waals surface area contributed by atoms with Crippen molar-refractivity contribution >= 4 is 34.4 Å². The number of ether oxygens (including phenoxy) is 1. The first-order valence-electron chi connectivity index (χ1n) is 8.14. The van der Waals surface area contributed by atoms with Gasteiger partial charge in [0, 0.05) is 28.6 Å².